The number of pyridine rings is 1. The average Bonchev–Trinajstić information content (AvgIpc) is 2.44. The second kappa shape index (κ2) is 5.36. The summed E-state index contributed by atoms with van der Waals surface area (Å²) in [5.74, 6) is 0.568. The molecule has 0 saturated carbocycles. The molecule has 106 valence electrons. The zero-order valence-electron chi connectivity index (χ0n) is 11.9. The van der Waals surface area contributed by atoms with E-state index in [1.807, 2.05) is 38.1 Å². The highest BCUT2D eigenvalue weighted by atomic mass is 16.2. The third kappa shape index (κ3) is 2.82. The van der Waals surface area contributed by atoms with Crippen LogP contribution in [0.1, 0.15) is 13.8 Å². The minimum atomic E-state index is -0.558. The van der Waals surface area contributed by atoms with E-state index in [0.717, 1.165) is 5.39 Å². The van der Waals surface area contributed by atoms with Gasteiger partial charge in [0.25, 0.3) is 5.56 Å². The van der Waals surface area contributed by atoms with Crippen LogP contribution in [0, 0.1) is 5.41 Å². The molecule has 1 amide bonds. The van der Waals surface area contributed by atoms with Gasteiger partial charge in [-0.05, 0) is 31.4 Å². The van der Waals surface area contributed by atoms with Gasteiger partial charge in [0.2, 0.25) is 5.91 Å². The molecule has 2 aromatic rings. The van der Waals surface area contributed by atoms with Crippen molar-refractivity contribution in [3.63, 3.8) is 0 Å². The lowest BCUT2D eigenvalue weighted by molar-refractivity contribution is -0.128. The number of rotatable bonds is 4. The summed E-state index contributed by atoms with van der Waals surface area (Å²) in [4.78, 5) is 26.4. The fourth-order valence-electron chi connectivity index (χ4n) is 2.04. The Kier molecular flexibility index (Phi) is 3.79. The molecule has 0 aliphatic rings. The van der Waals surface area contributed by atoms with Crippen molar-refractivity contribution >= 4 is 22.5 Å². The van der Waals surface area contributed by atoms with Gasteiger partial charge in [0.1, 0.15) is 5.82 Å². The lowest BCUT2D eigenvalue weighted by Crippen LogP contribution is -2.39. The number of carbonyl (C=O) groups excluding carboxylic acids is 1. The van der Waals surface area contributed by atoms with Crippen molar-refractivity contribution in [3.8, 4) is 0 Å². The van der Waals surface area contributed by atoms with Crippen molar-refractivity contribution in [2.24, 2.45) is 5.41 Å². The maximum atomic E-state index is 11.9. The van der Waals surface area contributed by atoms with Crippen molar-refractivity contribution in [2.75, 3.05) is 18.9 Å². The Morgan fingerprint density at radius 1 is 1.30 bits per heavy atom. The van der Waals surface area contributed by atoms with Crippen LogP contribution in [0.25, 0.3) is 10.8 Å². The minimum Gasteiger partial charge on any atom is -0.370 e. The molecular formula is C15H19N3O2. The molecule has 0 aliphatic carbocycles. The molecule has 3 N–H and O–H groups in total. The van der Waals surface area contributed by atoms with Crippen molar-refractivity contribution in [3.05, 3.63) is 40.7 Å². The highest BCUT2D eigenvalue weighted by Crippen LogP contribution is 2.17. The van der Waals surface area contributed by atoms with Crippen molar-refractivity contribution in [2.45, 2.75) is 13.8 Å². The van der Waals surface area contributed by atoms with Gasteiger partial charge in [0, 0.05) is 19.0 Å². The average molecular weight is 273 g/mol. The SMILES string of the molecule is CNC(=O)C(C)(C)CNc1cc2ccccc2c(=O)[nH]1. The first-order chi connectivity index (χ1) is 9.44. The number of H-pyrrole nitrogens is 1. The molecule has 0 spiro atoms. The normalized spacial score (nSPS) is 11.3. The number of carbonyl (C=O) groups is 1. The summed E-state index contributed by atoms with van der Waals surface area (Å²) in [5.41, 5.74) is -0.694. The second-order valence-corrected chi connectivity index (χ2v) is 5.42. The third-order valence-corrected chi connectivity index (χ3v) is 3.32. The first-order valence-electron chi connectivity index (χ1n) is 6.52. The van der Waals surface area contributed by atoms with Crippen molar-refractivity contribution in [1.29, 1.82) is 0 Å². The Morgan fingerprint density at radius 2 is 2.00 bits per heavy atom. The van der Waals surface area contributed by atoms with E-state index in [4.69, 9.17) is 0 Å². The van der Waals surface area contributed by atoms with E-state index in [0.29, 0.717) is 17.7 Å². The third-order valence-electron chi connectivity index (χ3n) is 3.32. The van der Waals surface area contributed by atoms with Crippen LogP contribution in [-0.2, 0) is 4.79 Å². The fourth-order valence-corrected chi connectivity index (χ4v) is 2.04. The molecule has 20 heavy (non-hydrogen) atoms. The Hall–Kier alpha value is -2.30. The summed E-state index contributed by atoms with van der Waals surface area (Å²) in [6.07, 6.45) is 0. The van der Waals surface area contributed by atoms with Gasteiger partial charge in [-0.1, -0.05) is 18.2 Å². The zero-order chi connectivity index (χ0) is 14.8. The van der Waals surface area contributed by atoms with Gasteiger partial charge in [-0.15, -0.1) is 0 Å². The molecule has 0 saturated heterocycles. The summed E-state index contributed by atoms with van der Waals surface area (Å²) in [6.45, 7) is 4.12. The maximum Gasteiger partial charge on any atom is 0.257 e. The van der Waals surface area contributed by atoms with Crippen LogP contribution in [0.15, 0.2) is 35.1 Å². The summed E-state index contributed by atoms with van der Waals surface area (Å²) >= 11 is 0. The monoisotopic (exact) mass is 273 g/mol. The smallest absolute Gasteiger partial charge is 0.257 e. The van der Waals surface area contributed by atoms with Gasteiger partial charge in [-0.2, -0.15) is 0 Å². The van der Waals surface area contributed by atoms with Gasteiger partial charge in [0.05, 0.1) is 5.41 Å². The van der Waals surface area contributed by atoms with Crippen molar-refractivity contribution < 1.29 is 4.79 Å². The van der Waals surface area contributed by atoms with E-state index in [-0.39, 0.29) is 11.5 Å². The molecule has 5 nitrogen and oxygen atoms in total. The quantitative estimate of drug-likeness (QED) is 0.794. The standard InChI is InChI=1S/C15H19N3O2/c1-15(2,14(20)16-3)9-17-12-8-10-6-4-5-7-11(10)13(19)18-12/h4-8H,9H2,1-3H3,(H,16,20)(H2,17,18,19). The lowest BCUT2D eigenvalue weighted by atomic mass is 9.92. The van der Waals surface area contributed by atoms with Gasteiger partial charge in [-0.25, -0.2) is 0 Å². The van der Waals surface area contributed by atoms with E-state index in [1.54, 1.807) is 13.1 Å². The Bertz CT molecular complexity index is 689. The highest BCUT2D eigenvalue weighted by molar-refractivity contribution is 5.84. The molecule has 0 radical (unpaired) electrons. The summed E-state index contributed by atoms with van der Waals surface area (Å²) in [6, 6.07) is 9.27. The van der Waals surface area contributed by atoms with E-state index in [2.05, 4.69) is 15.6 Å². The topological polar surface area (TPSA) is 74.0 Å². The lowest BCUT2D eigenvalue weighted by Gasteiger charge is -2.23. The molecule has 0 aliphatic heterocycles. The Labute approximate surface area is 117 Å². The van der Waals surface area contributed by atoms with Gasteiger partial charge in [0.15, 0.2) is 0 Å². The molecule has 0 bridgehead atoms. The minimum absolute atomic E-state index is 0.0480. The number of fused-ring (bicyclic) bond motifs is 1. The molecule has 0 fully saturated rings. The number of aromatic nitrogens is 1. The van der Waals surface area contributed by atoms with Crippen LogP contribution in [0.4, 0.5) is 5.82 Å². The van der Waals surface area contributed by atoms with Gasteiger partial charge in [-0.3, -0.25) is 9.59 Å². The number of hydrogen-bond acceptors (Lipinski definition) is 3. The summed E-state index contributed by atoms with van der Waals surface area (Å²) < 4.78 is 0. The number of aromatic amines is 1. The Balaban J connectivity index is 2.23. The van der Waals surface area contributed by atoms with Crippen LogP contribution in [0.5, 0.6) is 0 Å². The number of amides is 1. The second-order valence-electron chi connectivity index (χ2n) is 5.42. The van der Waals surface area contributed by atoms with Crippen LogP contribution in [-0.4, -0.2) is 24.5 Å². The molecule has 0 atom stereocenters. The number of hydrogen-bond donors (Lipinski definition) is 3. The zero-order valence-corrected chi connectivity index (χ0v) is 11.9. The predicted octanol–water partition coefficient (Wildman–Crippen LogP) is 1.71. The first kappa shape index (κ1) is 14.1. The fraction of sp³-hybridized carbons (Fsp3) is 0.333. The summed E-state index contributed by atoms with van der Waals surface area (Å²) in [5, 5.41) is 7.28. The first-order valence-corrected chi connectivity index (χ1v) is 6.52. The van der Waals surface area contributed by atoms with Crippen molar-refractivity contribution in [1.82, 2.24) is 10.3 Å². The van der Waals surface area contributed by atoms with Gasteiger partial charge >= 0.3 is 0 Å². The van der Waals surface area contributed by atoms with Crippen LogP contribution in [0.2, 0.25) is 0 Å². The largest absolute Gasteiger partial charge is 0.370 e. The highest BCUT2D eigenvalue weighted by Gasteiger charge is 2.26. The van der Waals surface area contributed by atoms with Crippen LogP contribution >= 0.6 is 0 Å². The molecular weight excluding hydrogens is 254 g/mol. The van der Waals surface area contributed by atoms with E-state index < -0.39 is 5.41 Å². The Morgan fingerprint density at radius 3 is 2.70 bits per heavy atom. The number of anilines is 1. The van der Waals surface area contributed by atoms with Crippen LogP contribution < -0.4 is 16.2 Å². The summed E-state index contributed by atoms with van der Waals surface area (Å²) in [7, 11) is 1.61. The van der Waals surface area contributed by atoms with Gasteiger partial charge < -0.3 is 15.6 Å². The van der Waals surface area contributed by atoms with E-state index in [9.17, 15) is 9.59 Å². The predicted molar refractivity (Wildman–Crippen MR) is 80.9 cm³/mol. The number of benzene rings is 1. The van der Waals surface area contributed by atoms with Crippen LogP contribution in [0.3, 0.4) is 0 Å². The van der Waals surface area contributed by atoms with E-state index in [1.165, 1.54) is 0 Å². The molecule has 1 aromatic carbocycles. The molecule has 1 heterocycles. The maximum absolute atomic E-state index is 11.9. The molecule has 2 rings (SSSR count). The molecule has 1 aromatic heterocycles. The number of nitrogens with one attached hydrogen (secondary N) is 3. The molecule has 5 heteroatoms. The van der Waals surface area contributed by atoms with E-state index >= 15 is 0 Å². The molecule has 0 unspecified atom stereocenters.